The molecule has 1 aromatic rings. The molecule has 1 saturated heterocycles. The molecule has 1 aliphatic rings. The second-order valence-corrected chi connectivity index (χ2v) is 5.87. The van der Waals surface area contributed by atoms with Gasteiger partial charge in [0.15, 0.2) is 0 Å². The summed E-state index contributed by atoms with van der Waals surface area (Å²) >= 11 is 3.27. The average Bonchev–Trinajstić information content (AvgIpc) is 2.28. The maximum atomic E-state index is 13.8. The summed E-state index contributed by atoms with van der Waals surface area (Å²) in [6, 6.07) is 5.66. The first-order valence-electron chi connectivity index (χ1n) is 6.39. The first-order chi connectivity index (χ1) is 8.56. The van der Waals surface area contributed by atoms with Crippen molar-refractivity contribution in [1.82, 2.24) is 5.32 Å². The van der Waals surface area contributed by atoms with Crippen LogP contribution in [-0.4, -0.2) is 18.8 Å². The Hall–Kier alpha value is -0.450. The molecule has 1 N–H and O–H groups in total. The second kappa shape index (κ2) is 6.13. The van der Waals surface area contributed by atoms with Crippen molar-refractivity contribution >= 4 is 15.9 Å². The fourth-order valence-corrected chi connectivity index (χ4v) is 2.78. The Kier molecular flexibility index (Phi) is 4.76. The molecule has 100 valence electrons. The van der Waals surface area contributed by atoms with E-state index in [-0.39, 0.29) is 11.9 Å². The Morgan fingerprint density at radius 1 is 1.50 bits per heavy atom. The van der Waals surface area contributed by atoms with Crippen molar-refractivity contribution in [2.45, 2.75) is 44.9 Å². The van der Waals surface area contributed by atoms with Gasteiger partial charge in [-0.1, -0.05) is 22.0 Å². The molecule has 1 aliphatic heterocycles. The van der Waals surface area contributed by atoms with Gasteiger partial charge in [-0.2, -0.15) is 0 Å². The molecule has 0 spiro atoms. The van der Waals surface area contributed by atoms with Gasteiger partial charge in [-0.25, -0.2) is 4.39 Å². The van der Waals surface area contributed by atoms with Gasteiger partial charge in [-0.15, -0.1) is 0 Å². The fraction of sp³-hybridized carbons (Fsp3) is 0.571. The SMILES string of the molecule is CC1CC(NC(C)c2ccc(Br)cc2F)CCO1. The number of nitrogens with one attached hydrogen (secondary N) is 1. The number of benzene rings is 1. The van der Waals surface area contributed by atoms with Crippen LogP contribution in [0.2, 0.25) is 0 Å². The van der Waals surface area contributed by atoms with Gasteiger partial charge in [0.25, 0.3) is 0 Å². The quantitative estimate of drug-likeness (QED) is 0.916. The van der Waals surface area contributed by atoms with Gasteiger partial charge in [0.1, 0.15) is 5.82 Å². The van der Waals surface area contributed by atoms with Crippen LogP contribution in [0.1, 0.15) is 38.3 Å². The third kappa shape index (κ3) is 3.53. The van der Waals surface area contributed by atoms with Crippen LogP contribution in [0.15, 0.2) is 22.7 Å². The molecule has 3 unspecified atom stereocenters. The van der Waals surface area contributed by atoms with Gasteiger partial charge in [0, 0.05) is 28.7 Å². The predicted octanol–water partition coefficient (Wildman–Crippen LogP) is 3.81. The molecule has 1 fully saturated rings. The lowest BCUT2D eigenvalue weighted by Crippen LogP contribution is -2.39. The minimum absolute atomic E-state index is 0.0217. The van der Waals surface area contributed by atoms with E-state index in [1.807, 2.05) is 19.1 Å². The van der Waals surface area contributed by atoms with Gasteiger partial charge in [0.2, 0.25) is 0 Å². The van der Waals surface area contributed by atoms with Crippen LogP contribution < -0.4 is 5.32 Å². The van der Waals surface area contributed by atoms with Crippen LogP contribution in [-0.2, 0) is 4.74 Å². The molecule has 2 rings (SSSR count). The van der Waals surface area contributed by atoms with Crippen molar-refractivity contribution < 1.29 is 9.13 Å². The van der Waals surface area contributed by atoms with Crippen molar-refractivity contribution in [1.29, 1.82) is 0 Å². The zero-order valence-corrected chi connectivity index (χ0v) is 12.3. The molecule has 0 bridgehead atoms. The molecule has 1 heterocycles. The molecule has 2 nitrogen and oxygen atoms in total. The van der Waals surface area contributed by atoms with Crippen LogP contribution in [0.5, 0.6) is 0 Å². The minimum Gasteiger partial charge on any atom is -0.378 e. The van der Waals surface area contributed by atoms with Gasteiger partial charge < -0.3 is 10.1 Å². The number of halogens is 2. The number of ether oxygens (including phenoxy) is 1. The van der Waals surface area contributed by atoms with E-state index in [2.05, 4.69) is 28.2 Å². The van der Waals surface area contributed by atoms with Crippen LogP contribution >= 0.6 is 15.9 Å². The summed E-state index contributed by atoms with van der Waals surface area (Å²) in [6.07, 6.45) is 2.27. The van der Waals surface area contributed by atoms with E-state index in [0.717, 1.165) is 29.5 Å². The maximum Gasteiger partial charge on any atom is 0.129 e. The Morgan fingerprint density at radius 2 is 2.28 bits per heavy atom. The summed E-state index contributed by atoms with van der Waals surface area (Å²) in [5, 5.41) is 3.49. The van der Waals surface area contributed by atoms with E-state index in [9.17, 15) is 4.39 Å². The van der Waals surface area contributed by atoms with Crippen molar-refractivity contribution in [3.8, 4) is 0 Å². The summed E-state index contributed by atoms with van der Waals surface area (Å²) < 4.78 is 20.1. The standard InChI is InChI=1S/C14H19BrFNO/c1-9-7-12(5-6-18-9)17-10(2)13-4-3-11(15)8-14(13)16/h3-4,8-10,12,17H,5-7H2,1-2H3. The van der Waals surface area contributed by atoms with Crippen molar-refractivity contribution in [2.75, 3.05) is 6.61 Å². The summed E-state index contributed by atoms with van der Waals surface area (Å²) in [5.74, 6) is -0.163. The Bertz CT molecular complexity index is 413. The lowest BCUT2D eigenvalue weighted by atomic mass is 10.0. The zero-order chi connectivity index (χ0) is 13.1. The van der Waals surface area contributed by atoms with E-state index in [4.69, 9.17) is 4.74 Å². The van der Waals surface area contributed by atoms with Crippen molar-refractivity contribution in [3.05, 3.63) is 34.1 Å². The summed E-state index contributed by atoms with van der Waals surface area (Å²) in [7, 11) is 0. The first-order valence-corrected chi connectivity index (χ1v) is 7.18. The molecule has 4 heteroatoms. The highest BCUT2D eigenvalue weighted by Gasteiger charge is 2.22. The van der Waals surface area contributed by atoms with Crippen LogP contribution in [0.25, 0.3) is 0 Å². The van der Waals surface area contributed by atoms with E-state index in [0.29, 0.717) is 12.1 Å². The van der Waals surface area contributed by atoms with Crippen LogP contribution in [0.4, 0.5) is 4.39 Å². The summed E-state index contributed by atoms with van der Waals surface area (Å²) in [5.41, 5.74) is 0.720. The van der Waals surface area contributed by atoms with Gasteiger partial charge in [0.05, 0.1) is 6.10 Å². The normalized spacial score (nSPS) is 26.0. The van der Waals surface area contributed by atoms with E-state index in [1.54, 1.807) is 0 Å². The smallest absolute Gasteiger partial charge is 0.129 e. The van der Waals surface area contributed by atoms with Gasteiger partial charge in [-0.05, 0) is 38.8 Å². The number of hydrogen-bond acceptors (Lipinski definition) is 2. The Labute approximate surface area is 116 Å². The summed E-state index contributed by atoms with van der Waals surface area (Å²) in [4.78, 5) is 0. The molecule has 3 atom stereocenters. The van der Waals surface area contributed by atoms with E-state index < -0.39 is 0 Å². The van der Waals surface area contributed by atoms with Crippen molar-refractivity contribution in [2.24, 2.45) is 0 Å². The van der Waals surface area contributed by atoms with Crippen molar-refractivity contribution in [3.63, 3.8) is 0 Å². The fourth-order valence-electron chi connectivity index (χ4n) is 2.45. The third-order valence-corrected chi connectivity index (χ3v) is 3.89. The van der Waals surface area contributed by atoms with E-state index >= 15 is 0 Å². The molecule has 0 saturated carbocycles. The maximum absolute atomic E-state index is 13.8. The van der Waals surface area contributed by atoms with Gasteiger partial charge >= 0.3 is 0 Å². The zero-order valence-electron chi connectivity index (χ0n) is 10.7. The molecule has 0 radical (unpaired) electrons. The Balaban J connectivity index is 2.00. The summed E-state index contributed by atoms with van der Waals surface area (Å²) in [6.45, 7) is 4.87. The molecule has 1 aromatic carbocycles. The van der Waals surface area contributed by atoms with Gasteiger partial charge in [-0.3, -0.25) is 0 Å². The number of hydrogen-bond donors (Lipinski definition) is 1. The Morgan fingerprint density at radius 3 is 2.94 bits per heavy atom. The van der Waals surface area contributed by atoms with E-state index in [1.165, 1.54) is 6.07 Å². The minimum atomic E-state index is -0.163. The van der Waals surface area contributed by atoms with Crippen LogP contribution in [0, 0.1) is 5.82 Å². The largest absolute Gasteiger partial charge is 0.378 e. The molecular formula is C14H19BrFNO. The van der Waals surface area contributed by atoms with Crippen LogP contribution in [0.3, 0.4) is 0 Å². The highest BCUT2D eigenvalue weighted by Crippen LogP contribution is 2.23. The molecule has 0 aliphatic carbocycles. The lowest BCUT2D eigenvalue weighted by molar-refractivity contribution is 0.0115. The topological polar surface area (TPSA) is 21.3 Å². The first kappa shape index (κ1) is 14.0. The highest BCUT2D eigenvalue weighted by atomic mass is 79.9. The second-order valence-electron chi connectivity index (χ2n) is 4.96. The molecule has 0 aromatic heterocycles. The average molecular weight is 316 g/mol. The highest BCUT2D eigenvalue weighted by molar-refractivity contribution is 9.10. The molecule has 18 heavy (non-hydrogen) atoms. The molecule has 0 amide bonds. The third-order valence-electron chi connectivity index (χ3n) is 3.40. The monoisotopic (exact) mass is 315 g/mol. The number of rotatable bonds is 3. The lowest BCUT2D eigenvalue weighted by Gasteiger charge is -2.30. The predicted molar refractivity (Wildman–Crippen MR) is 74.1 cm³/mol. The molecular weight excluding hydrogens is 297 g/mol.